The van der Waals surface area contributed by atoms with E-state index in [0.29, 0.717) is 5.75 Å². The summed E-state index contributed by atoms with van der Waals surface area (Å²) in [6, 6.07) is 7.25. The fourth-order valence-corrected chi connectivity index (χ4v) is 0.563. The van der Waals surface area contributed by atoms with Crippen LogP contribution in [0.4, 0.5) is 0 Å². The number of nitrogens with one attached hydrogen (secondary N) is 1. The molecule has 1 aromatic rings. The van der Waals surface area contributed by atoms with Crippen molar-refractivity contribution in [1.82, 2.24) is 5.32 Å². The first-order valence-corrected chi connectivity index (χ1v) is 5.11. The van der Waals surface area contributed by atoms with Crippen LogP contribution in [-0.4, -0.2) is 18.7 Å². The monoisotopic (exact) mass is 197 g/mol. The van der Waals surface area contributed by atoms with E-state index in [9.17, 15) is 0 Å². The van der Waals surface area contributed by atoms with E-state index in [1.165, 1.54) is 0 Å². The number of benzene rings is 1. The number of para-hydroxylation sites is 1. The number of hydrogen-bond donors (Lipinski definition) is 2. The van der Waals surface area contributed by atoms with E-state index < -0.39 is 0 Å². The largest absolute Gasteiger partial charge is 0.508 e. The average molecular weight is 197 g/mol. The van der Waals surface area contributed by atoms with Crippen LogP contribution in [-0.2, 0) is 0 Å². The molecule has 0 amide bonds. The van der Waals surface area contributed by atoms with E-state index in [0.717, 1.165) is 12.1 Å². The zero-order valence-corrected chi connectivity index (χ0v) is 9.96. The first-order valence-electron chi connectivity index (χ1n) is 5.11. The van der Waals surface area contributed by atoms with Crippen LogP contribution in [0.3, 0.4) is 0 Å². The van der Waals surface area contributed by atoms with Crippen molar-refractivity contribution in [3.8, 4) is 5.75 Å². The molecule has 0 aromatic heterocycles. The minimum absolute atomic E-state index is 0.368. The summed E-state index contributed by atoms with van der Waals surface area (Å²) in [5.74, 6) is 0.368. The Labute approximate surface area is 88.0 Å². The quantitative estimate of drug-likeness (QED) is 0.725. The summed E-state index contributed by atoms with van der Waals surface area (Å²) in [5.41, 5.74) is 0.924. The first kappa shape index (κ1) is 15.5. The van der Waals surface area contributed by atoms with Gasteiger partial charge >= 0.3 is 0 Å². The molecule has 14 heavy (non-hydrogen) atoms. The van der Waals surface area contributed by atoms with Crippen LogP contribution in [0.5, 0.6) is 5.75 Å². The minimum atomic E-state index is 0.368. The molecule has 0 radical (unpaired) electrons. The highest BCUT2D eigenvalue weighted by Crippen LogP contribution is 2.12. The molecular formula is C12H23NO. The molecule has 2 nitrogen and oxygen atoms in total. The smallest absolute Gasteiger partial charge is 0.118 e. The zero-order chi connectivity index (χ0) is 11.4. The highest BCUT2D eigenvalue weighted by molar-refractivity contribution is 5.29. The van der Waals surface area contributed by atoms with Crippen molar-refractivity contribution in [1.29, 1.82) is 0 Å². The van der Waals surface area contributed by atoms with Crippen molar-refractivity contribution in [2.45, 2.75) is 27.7 Å². The molecule has 0 saturated carbocycles. The SMILES string of the molecule is CC.CCNC.Cc1ccccc1O. The van der Waals surface area contributed by atoms with Crippen molar-refractivity contribution in [3.63, 3.8) is 0 Å². The summed E-state index contributed by atoms with van der Waals surface area (Å²) in [5, 5.41) is 11.8. The van der Waals surface area contributed by atoms with Crippen LogP contribution in [0.15, 0.2) is 24.3 Å². The second-order valence-corrected chi connectivity index (χ2v) is 2.49. The van der Waals surface area contributed by atoms with Crippen LogP contribution >= 0.6 is 0 Å². The summed E-state index contributed by atoms with van der Waals surface area (Å²) in [6.45, 7) is 9.01. The van der Waals surface area contributed by atoms with Crippen LogP contribution < -0.4 is 5.32 Å². The van der Waals surface area contributed by atoms with Gasteiger partial charge in [0.05, 0.1) is 0 Å². The maximum absolute atomic E-state index is 8.92. The highest BCUT2D eigenvalue weighted by atomic mass is 16.3. The summed E-state index contributed by atoms with van der Waals surface area (Å²) in [4.78, 5) is 0. The molecule has 0 aliphatic carbocycles. The van der Waals surface area contributed by atoms with Gasteiger partial charge in [0, 0.05) is 0 Å². The molecule has 1 rings (SSSR count). The Hall–Kier alpha value is -1.02. The Morgan fingerprint density at radius 1 is 1.21 bits per heavy atom. The molecule has 0 aliphatic rings. The van der Waals surface area contributed by atoms with E-state index >= 15 is 0 Å². The van der Waals surface area contributed by atoms with Crippen LogP contribution in [0.2, 0.25) is 0 Å². The van der Waals surface area contributed by atoms with Gasteiger partial charge in [-0.15, -0.1) is 0 Å². The molecule has 2 N–H and O–H groups in total. The fraction of sp³-hybridized carbons (Fsp3) is 0.500. The molecule has 0 fully saturated rings. The third-order valence-electron chi connectivity index (χ3n) is 1.47. The van der Waals surface area contributed by atoms with E-state index in [1.807, 2.05) is 46.0 Å². The van der Waals surface area contributed by atoms with Crippen LogP contribution in [0.1, 0.15) is 26.3 Å². The van der Waals surface area contributed by atoms with E-state index in [1.54, 1.807) is 6.07 Å². The average Bonchev–Trinajstić information content (AvgIpc) is 2.26. The highest BCUT2D eigenvalue weighted by Gasteiger charge is 1.86. The molecule has 0 heterocycles. The van der Waals surface area contributed by atoms with Gasteiger partial charge in [-0.25, -0.2) is 0 Å². The van der Waals surface area contributed by atoms with Gasteiger partial charge in [-0.1, -0.05) is 39.0 Å². The predicted octanol–water partition coefficient (Wildman–Crippen LogP) is 2.95. The van der Waals surface area contributed by atoms with Crippen molar-refractivity contribution in [2.24, 2.45) is 0 Å². The van der Waals surface area contributed by atoms with Gasteiger partial charge < -0.3 is 10.4 Å². The molecule has 0 aliphatic heterocycles. The molecule has 0 unspecified atom stereocenters. The molecule has 0 atom stereocenters. The molecule has 1 aromatic carbocycles. The molecule has 2 heteroatoms. The minimum Gasteiger partial charge on any atom is -0.508 e. The second kappa shape index (κ2) is 12.0. The van der Waals surface area contributed by atoms with Gasteiger partial charge in [-0.05, 0) is 32.1 Å². The molecule has 0 bridgehead atoms. The Kier molecular flexibility index (Phi) is 13.2. The van der Waals surface area contributed by atoms with Gasteiger partial charge in [0.1, 0.15) is 5.75 Å². The lowest BCUT2D eigenvalue weighted by molar-refractivity contribution is 0.471. The van der Waals surface area contributed by atoms with Gasteiger partial charge in [0.25, 0.3) is 0 Å². The lowest BCUT2D eigenvalue weighted by Crippen LogP contribution is -2.01. The number of phenols is 1. The van der Waals surface area contributed by atoms with Gasteiger partial charge in [-0.2, -0.15) is 0 Å². The molecular weight excluding hydrogens is 174 g/mol. The zero-order valence-electron chi connectivity index (χ0n) is 9.96. The van der Waals surface area contributed by atoms with Gasteiger partial charge in [-0.3, -0.25) is 0 Å². The van der Waals surface area contributed by atoms with E-state index in [-0.39, 0.29) is 0 Å². The van der Waals surface area contributed by atoms with Gasteiger partial charge in [0.15, 0.2) is 0 Å². The summed E-state index contributed by atoms with van der Waals surface area (Å²) < 4.78 is 0. The second-order valence-electron chi connectivity index (χ2n) is 2.49. The van der Waals surface area contributed by atoms with E-state index in [4.69, 9.17) is 5.11 Å². The Balaban J connectivity index is 0. The Morgan fingerprint density at radius 3 is 1.86 bits per heavy atom. The maximum Gasteiger partial charge on any atom is 0.118 e. The van der Waals surface area contributed by atoms with Crippen molar-refractivity contribution < 1.29 is 5.11 Å². The van der Waals surface area contributed by atoms with Crippen LogP contribution in [0.25, 0.3) is 0 Å². The first-order chi connectivity index (χ1) is 6.72. The summed E-state index contributed by atoms with van der Waals surface area (Å²) in [7, 11) is 1.93. The molecule has 0 spiro atoms. The van der Waals surface area contributed by atoms with Crippen LogP contribution in [0, 0.1) is 6.92 Å². The lowest BCUT2D eigenvalue weighted by Gasteiger charge is -1.92. The summed E-state index contributed by atoms with van der Waals surface area (Å²) >= 11 is 0. The van der Waals surface area contributed by atoms with E-state index in [2.05, 4.69) is 12.2 Å². The normalized spacial score (nSPS) is 7.79. The number of aryl methyl sites for hydroxylation is 1. The van der Waals surface area contributed by atoms with Crippen molar-refractivity contribution in [2.75, 3.05) is 13.6 Å². The fourth-order valence-electron chi connectivity index (χ4n) is 0.563. The van der Waals surface area contributed by atoms with Crippen molar-refractivity contribution in [3.05, 3.63) is 29.8 Å². The Bertz CT molecular complexity index is 188. The third kappa shape index (κ3) is 9.07. The summed E-state index contributed by atoms with van der Waals surface area (Å²) in [6.07, 6.45) is 0. The standard InChI is InChI=1S/C7H8O.C3H9N.C2H6/c1-6-4-2-3-5-7(6)8;1-3-4-2;1-2/h2-5,8H,1H3;4H,3H2,1-2H3;1-2H3. The Morgan fingerprint density at radius 2 is 1.64 bits per heavy atom. The molecule has 82 valence electrons. The van der Waals surface area contributed by atoms with Crippen molar-refractivity contribution >= 4 is 0 Å². The predicted molar refractivity (Wildman–Crippen MR) is 63.8 cm³/mol. The number of phenolic OH excluding ortho intramolecular Hbond substituents is 1. The van der Waals surface area contributed by atoms with Gasteiger partial charge in [0.2, 0.25) is 0 Å². The molecule has 0 saturated heterocycles. The lowest BCUT2D eigenvalue weighted by atomic mass is 10.2. The number of hydrogen-bond acceptors (Lipinski definition) is 2. The third-order valence-corrected chi connectivity index (χ3v) is 1.47. The number of aromatic hydroxyl groups is 1. The number of rotatable bonds is 1. The topological polar surface area (TPSA) is 32.3 Å². The maximum atomic E-state index is 8.92.